The SMILES string of the molecule is CC1(C)CC(N(N)c2ccccc2)CCS1. The highest BCUT2D eigenvalue weighted by Gasteiger charge is 2.31. The van der Waals surface area contributed by atoms with Crippen molar-refractivity contribution in [2.45, 2.75) is 37.5 Å². The molecule has 3 heteroatoms. The lowest BCUT2D eigenvalue weighted by Gasteiger charge is -2.39. The standard InChI is InChI=1S/C13H20N2S/c1-13(2)10-12(8-9-16-13)15(14)11-6-4-3-5-7-11/h3-7,12H,8-10,14H2,1-2H3. The summed E-state index contributed by atoms with van der Waals surface area (Å²) in [5, 5.41) is 1.95. The summed E-state index contributed by atoms with van der Waals surface area (Å²) in [6.07, 6.45) is 2.34. The van der Waals surface area contributed by atoms with E-state index in [1.807, 2.05) is 23.2 Å². The number of nitrogens with two attached hydrogens (primary N) is 1. The number of nitrogens with zero attached hydrogens (tertiary/aromatic N) is 1. The van der Waals surface area contributed by atoms with Gasteiger partial charge in [0.1, 0.15) is 0 Å². The van der Waals surface area contributed by atoms with Gasteiger partial charge < -0.3 is 5.01 Å². The molecule has 0 amide bonds. The summed E-state index contributed by atoms with van der Waals surface area (Å²) in [5.74, 6) is 7.42. The van der Waals surface area contributed by atoms with Crippen LogP contribution in [0.5, 0.6) is 0 Å². The van der Waals surface area contributed by atoms with Crippen molar-refractivity contribution in [2.24, 2.45) is 5.84 Å². The highest BCUT2D eigenvalue weighted by atomic mass is 32.2. The van der Waals surface area contributed by atoms with E-state index < -0.39 is 0 Å². The predicted molar refractivity (Wildman–Crippen MR) is 72.7 cm³/mol. The van der Waals surface area contributed by atoms with E-state index in [1.54, 1.807) is 0 Å². The third-order valence-corrected chi connectivity index (χ3v) is 4.51. The van der Waals surface area contributed by atoms with Gasteiger partial charge in [0.2, 0.25) is 0 Å². The van der Waals surface area contributed by atoms with Crippen molar-refractivity contribution in [3.8, 4) is 0 Å². The summed E-state index contributed by atoms with van der Waals surface area (Å²) < 4.78 is 0.356. The quantitative estimate of drug-likeness (QED) is 0.632. The molecule has 1 aromatic rings. The molecule has 0 radical (unpaired) electrons. The number of hydrazine groups is 1. The van der Waals surface area contributed by atoms with E-state index in [2.05, 4.69) is 37.7 Å². The van der Waals surface area contributed by atoms with Crippen molar-refractivity contribution >= 4 is 17.4 Å². The molecule has 2 rings (SSSR count). The molecule has 1 saturated heterocycles. The van der Waals surface area contributed by atoms with Crippen molar-refractivity contribution in [3.63, 3.8) is 0 Å². The normalized spacial score (nSPS) is 24.1. The molecule has 0 aromatic heterocycles. The zero-order valence-electron chi connectivity index (χ0n) is 10.0. The van der Waals surface area contributed by atoms with Gasteiger partial charge in [-0.15, -0.1) is 0 Å². The molecule has 0 aliphatic carbocycles. The molecule has 0 bridgehead atoms. The van der Waals surface area contributed by atoms with Gasteiger partial charge in [-0.25, -0.2) is 5.84 Å². The second-order valence-corrected chi connectivity index (χ2v) is 6.80. The van der Waals surface area contributed by atoms with Crippen molar-refractivity contribution in [1.82, 2.24) is 0 Å². The van der Waals surface area contributed by atoms with Crippen LogP contribution in [0.1, 0.15) is 26.7 Å². The lowest BCUT2D eigenvalue weighted by Crippen LogP contribution is -2.46. The topological polar surface area (TPSA) is 29.3 Å². The maximum Gasteiger partial charge on any atom is 0.0520 e. The van der Waals surface area contributed by atoms with Gasteiger partial charge >= 0.3 is 0 Å². The Bertz CT molecular complexity index is 337. The molecule has 16 heavy (non-hydrogen) atoms. The second kappa shape index (κ2) is 4.68. The van der Waals surface area contributed by atoms with Gasteiger partial charge in [0.05, 0.1) is 5.69 Å². The summed E-state index contributed by atoms with van der Waals surface area (Å²) in [4.78, 5) is 0. The molecule has 1 aromatic carbocycles. The summed E-state index contributed by atoms with van der Waals surface area (Å²) in [6, 6.07) is 10.7. The van der Waals surface area contributed by atoms with E-state index in [9.17, 15) is 0 Å². The van der Waals surface area contributed by atoms with Gasteiger partial charge in [0, 0.05) is 10.8 Å². The van der Waals surface area contributed by atoms with Crippen LogP contribution in [0, 0.1) is 0 Å². The van der Waals surface area contributed by atoms with Gasteiger partial charge in [0.25, 0.3) is 0 Å². The fourth-order valence-corrected chi connectivity index (χ4v) is 3.50. The molecular formula is C13H20N2S. The zero-order valence-corrected chi connectivity index (χ0v) is 10.8. The number of rotatable bonds is 2. The molecule has 1 aliphatic heterocycles. The first kappa shape index (κ1) is 11.8. The van der Waals surface area contributed by atoms with E-state index in [0.717, 1.165) is 12.1 Å². The van der Waals surface area contributed by atoms with Crippen LogP contribution in [-0.4, -0.2) is 16.5 Å². The van der Waals surface area contributed by atoms with Gasteiger partial charge in [-0.1, -0.05) is 32.0 Å². The van der Waals surface area contributed by atoms with Crippen LogP contribution < -0.4 is 10.9 Å². The van der Waals surface area contributed by atoms with Crippen LogP contribution in [0.4, 0.5) is 5.69 Å². The zero-order chi connectivity index (χ0) is 11.6. The Morgan fingerprint density at radius 3 is 2.62 bits per heavy atom. The Morgan fingerprint density at radius 2 is 2.00 bits per heavy atom. The molecule has 2 N–H and O–H groups in total. The monoisotopic (exact) mass is 236 g/mol. The molecule has 1 unspecified atom stereocenters. The molecule has 0 spiro atoms. The minimum Gasteiger partial charge on any atom is -0.308 e. The number of benzene rings is 1. The lowest BCUT2D eigenvalue weighted by atomic mass is 9.99. The molecular weight excluding hydrogens is 216 g/mol. The smallest absolute Gasteiger partial charge is 0.0520 e. The molecule has 1 fully saturated rings. The number of hydrogen-bond donors (Lipinski definition) is 1. The highest BCUT2D eigenvalue weighted by molar-refractivity contribution is 8.00. The van der Waals surface area contributed by atoms with Crippen LogP contribution >= 0.6 is 11.8 Å². The van der Waals surface area contributed by atoms with Gasteiger partial charge in [-0.2, -0.15) is 11.8 Å². The Morgan fingerprint density at radius 1 is 1.31 bits per heavy atom. The van der Waals surface area contributed by atoms with E-state index in [1.165, 1.54) is 12.2 Å². The van der Waals surface area contributed by atoms with Crippen LogP contribution in [0.2, 0.25) is 0 Å². The van der Waals surface area contributed by atoms with Crippen LogP contribution in [0.15, 0.2) is 30.3 Å². The predicted octanol–water partition coefficient (Wildman–Crippen LogP) is 3.04. The third-order valence-electron chi connectivity index (χ3n) is 3.12. The minimum atomic E-state index is 0.356. The fraction of sp³-hybridized carbons (Fsp3) is 0.538. The summed E-state index contributed by atoms with van der Waals surface area (Å²) in [5.41, 5.74) is 1.12. The molecule has 1 heterocycles. The molecule has 0 saturated carbocycles. The highest BCUT2D eigenvalue weighted by Crippen LogP contribution is 2.37. The average Bonchev–Trinajstić information content (AvgIpc) is 2.28. The Labute approximate surface area is 102 Å². The van der Waals surface area contributed by atoms with Gasteiger partial charge in [-0.3, -0.25) is 0 Å². The van der Waals surface area contributed by atoms with Crippen molar-refractivity contribution < 1.29 is 0 Å². The Hall–Kier alpha value is -0.670. The molecule has 1 atom stereocenters. The van der Waals surface area contributed by atoms with Gasteiger partial charge in [-0.05, 0) is 30.7 Å². The maximum absolute atomic E-state index is 6.21. The molecule has 2 nitrogen and oxygen atoms in total. The minimum absolute atomic E-state index is 0.356. The van der Waals surface area contributed by atoms with Crippen molar-refractivity contribution in [3.05, 3.63) is 30.3 Å². The van der Waals surface area contributed by atoms with E-state index >= 15 is 0 Å². The molecule has 1 aliphatic rings. The van der Waals surface area contributed by atoms with E-state index in [-0.39, 0.29) is 0 Å². The van der Waals surface area contributed by atoms with Crippen LogP contribution in [-0.2, 0) is 0 Å². The summed E-state index contributed by atoms with van der Waals surface area (Å²) in [7, 11) is 0. The first-order valence-corrected chi connectivity index (χ1v) is 6.80. The lowest BCUT2D eigenvalue weighted by molar-refractivity contribution is 0.471. The number of hydrogen-bond acceptors (Lipinski definition) is 3. The van der Waals surface area contributed by atoms with Crippen molar-refractivity contribution in [1.29, 1.82) is 0 Å². The first-order chi connectivity index (χ1) is 7.58. The maximum atomic E-state index is 6.21. The fourth-order valence-electron chi connectivity index (χ4n) is 2.25. The van der Waals surface area contributed by atoms with Crippen molar-refractivity contribution in [2.75, 3.05) is 10.8 Å². The number of thioether (sulfide) groups is 1. The first-order valence-electron chi connectivity index (χ1n) is 5.81. The Balaban J connectivity index is 2.08. The average molecular weight is 236 g/mol. The molecule has 88 valence electrons. The van der Waals surface area contributed by atoms with E-state index in [4.69, 9.17) is 5.84 Å². The Kier molecular flexibility index (Phi) is 3.45. The van der Waals surface area contributed by atoms with E-state index in [0.29, 0.717) is 10.8 Å². The van der Waals surface area contributed by atoms with Crippen LogP contribution in [0.25, 0.3) is 0 Å². The third kappa shape index (κ3) is 2.71. The second-order valence-electron chi connectivity index (χ2n) is 5.00. The number of para-hydroxylation sites is 1. The summed E-state index contributed by atoms with van der Waals surface area (Å²) in [6.45, 7) is 4.62. The largest absolute Gasteiger partial charge is 0.308 e. The van der Waals surface area contributed by atoms with Gasteiger partial charge in [0.15, 0.2) is 0 Å². The number of anilines is 1. The van der Waals surface area contributed by atoms with Crippen LogP contribution in [0.3, 0.4) is 0 Å². The summed E-state index contributed by atoms with van der Waals surface area (Å²) >= 11 is 2.05.